The van der Waals surface area contributed by atoms with Gasteiger partial charge in [0.05, 0.1) is 13.2 Å². The van der Waals surface area contributed by atoms with Crippen molar-refractivity contribution in [2.75, 3.05) is 27.2 Å². The Morgan fingerprint density at radius 3 is 2.59 bits per heavy atom. The third-order valence-corrected chi connectivity index (χ3v) is 3.31. The third-order valence-electron chi connectivity index (χ3n) is 3.31. The van der Waals surface area contributed by atoms with Gasteiger partial charge in [-0.2, -0.15) is 0 Å². The van der Waals surface area contributed by atoms with Gasteiger partial charge >= 0.3 is 0 Å². The molecule has 1 aliphatic rings. The van der Waals surface area contributed by atoms with Crippen molar-refractivity contribution in [1.82, 2.24) is 10.2 Å². The normalized spacial score (nSPS) is 24.2. The van der Waals surface area contributed by atoms with E-state index in [4.69, 9.17) is 4.74 Å². The third kappa shape index (κ3) is 2.97. The van der Waals surface area contributed by atoms with Gasteiger partial charge in [-0.3, -0.25) is 4.90 Å². The van der Waals surface area contributed by atoms with E-state index in [2.05, 4.69) is 22.3 Å². The molecule has 2 unspecified atom stereocenters. The minimum Gasteiger partial charge on any atom is -0.497 e. The summed E-state index contributed by atoms with van der Waals surface area (Å²) < 4.78 is 5.13. The van der Waals surface area contributed by atoms with Crippen molar-refractivity contribution < 1.29 is 9.84 Å². The Labute approximate surface area is 102 Å². The van der Waals surface area contributed by atoms with Gasteiger partial charge in [-0.25, -0.2) is 0 Å². The predicted molar refractivity (Wildman–Crippen MR) is 67.1 cm³/mol. The number of hydrogen-bond donors (Lipinski definition) is 2. The molecule has 0 amide bonds. The highest BCUT2D eigenvalue weighted by Gasteiger charge is 2.28. The number of aliphatic hydroxyl groups is 1. The van der Waals surface area contributed by atoms with Crippen LogP contribution in [0.5, 0.6) is 5.75 Å². The summed E-state index contributed by atoms with van der Waals surface area (Å²) in [7, 11) is 3.72. The fourth-order valence-corrected chi connectivity index (χ4v) is 2.24. The summed E-state index contributed by atoms with van der Waals surface area (Å²) in [5.74, 6) is 0.874. The van der Waals surface area contributed by atoms with Crippen LogP contribution in [-0.2, 0) is 6.54 Å². The number of nitrogens with zero attached hydrogens (tertiary/aromatic N) is 1. The van der Waals surface area contributed by atoms with Crippen molar-refractivity contribution >= 4 is 0 Å². The van der Waals surface area contributed by atoms with Gasteiger partial charge in [0.1, 0.15) is 5.75 Å². The Morgan fingerprint density at radius 1 is 1.35 bits per heavy atom. The van der Waals surface area contributed by atoms with Crippen molar-refractivity contribution in [2.24, 2.45) is 0 Å². The minimum atomic E-state index is -0.266. The molecule has 1 fully saturated rings. The second kappa shape index (κ2) is 5.49. The van der Waals surface area contributed by atoms with Crippen molar-refractivity contribution in [1.29, 1.82) is 0 Å². The number of rotatable bonds is 4. The number of nitrogens with one attached hydrogen (secondary N) is 1. The zero-order chi connectivity index (χ0) is 12.3. The monoisotopic (exact) mass is 236 g/mol. The van der Waals surface area contributed by atoms with E-state index in [0.717, 1.165) is 18.8 Å². The zero-order valence-electron chi connectivity index (χ0n) is 10.4. The smallest absolute Gasteiger partial charge is 0.118 e. The molecule has 94 valence electrons. The average molecular weight is 236 g/mol. The number of benzene rings is 1. The van der Waals surface area contributed by atoms with Crippen molar-refractivity contribution in [3.8, 4) is 5.75 Å². The van der Waals surface area contributed by atoms with E-state index in [-0.39, 0.29) is 12.1 Å². The molecule has 1 aliphatic heterocycles. The molecule has 0 bridgehead atoms. The van der Waals surface area contributed by atoms with Crippen LogP contribution in [0.1, 0.15) is 5.56 Å². The molecule has 0 aromatic heterocycles. The molecule has 17 heavy (non-hydrogen) atoms. The molecule has 1 aromatic carbocycles. The average Bonchev–Trinajstić information content (AvgIpc) is 2.76. The molecule has 0 spiro atoms. The van der Waals surface area contributed by atoms with Crippen LogP contribution in [0, 0.1) is 0 Å². The lowest BCUT2D eigenvalue weighted by atomic mass is 10.1. The summed E-state index contributed by atoms with van der Waals surface area (Å²) in [6.07, 6.45) is -0.266. The number of hydrogen-bond acceptors (Lipinski definition) is 4. The van der Waals surface area contributed by atoms with Gasteiger partial charge in [-0.15, -0.1) is 0 Å². The fraction of sp³-hybridized carbons (Fsp3) is 0.538. The number of aliphatic hydroxyl groups excluding tert-OH is 1. The highest BCUT2D eigenvalue weighted by atomic mass is 16.5. The molecular formula is C13H20N2O2. The predicted octanol–water partition coefficient (Wildman–Crippen LogP) is 0.460. The van der Waals surface area contributed by atoms with Gasteiger partial charge in [0.25, 0.3) is 0 Å². The largest absolute Gasteiger partial charge is 0.497 e. The summed E-state index contributed by atoms with van der Waals surface area (Å²) >= 11 is 0. The summed E-state index contributed by atoms with van der Waals surface area (Å²) in [5.41, 5.74) is 1.23. The molecule has 0 saturated carbocycles. The lowest BCUT2D eigenvalue weighted by Gasteiger charge is -2.26. The van der Waals surface area contributed by atoms with Gasteiger partial charge in [-0.1, -0.05) is 12.1 Å². The molecule has 4 nitrogen and oxygen atoms in total. The van der Waals surface area contributed by atoms with Gasteiger partial charge in [0.15, 0.2) is 0 Å². The Kier molecular flexibility index (Phi) is 3.99. The highest BCUT2D eigenvalue weighted by molar-refractivity contribution is 5.27. The highest BCUT2D eigenvalue weighted by Crippen LogP contribution is 2.15. The second-order valence-electron chi connectivity index (χ2n) is 4.56. The van der Waals surface area contributed by atoms with Gasteiger partial charge in [-0.05, 0) is 24.7 Å². The molecular weight excluding hydrogens is 216 g/mol. The van der Waals surface area contributed by atoms with Crippen molar-refractivity contribution in [3.63, 3.8) is 0 Å². The van der Waals surface area contributed by atoms with Crippen LogP contribution in [0.15, 0.2) is 24.3 Å². The number of β-amino-alcohol motifs (C(OH)–C–C–N with tert-alkyl or cyclic N) is 1. The number of ether oxygens (including phenoxy) is 1. The molecule has 4 heteroatoms. The molecule has 1 saturated heterocycles. The van der Waals surface area contributed by atoms with E-state index in [9.17, 15) is 5.11 Å². The van der Waals surface area contributed by atoms with Crippen LogP contribution in [0.3, 0.4) is 0 Å². The van der Waals surface area contributed by atoms with Crippen LogP contribution in [0.25, 0.3) is 0 Å². The van der Waals surface area contributed by atoms with Crippen LogP contribution in [0.2, 0.25) is 0 Å². The first-order chi connectivity index (χ1) is 8.20. The fourth-order valence-electron chi connectivity index (χ4n) is 2.24. The van der Waals surface area contributed by atoms with E-state index in [0.29, 0.717) is 6.54 Å². The number of methoxy groups -OCH3 is 1. The second-order valence-corrected chi connectivity index (χ2v) is 4.56. The standard InChI is InChI=1S/C13H20N2O2/c1-15(12-7-14-8-13(12)16)9-10-3-5-11(17-2)6-4-10/h3-6,12-14,16H,7-9H2,1-2H3. The molecule has 0 aliphatic carbocycles. The SMILES string of the molecule is COc1ccc(CN(C)C2CNCC2O)cc1. The van der Waals surface area contributed by atoms with E-state index in [1.807, 2.05) is 19.2 Å². The van der Waals surface area contributed by atoms with Crippen LogP contribution in [0.4, 0.5) is 0 Å². The van der Waals surface area contributed by atoms with Gasteiger partial charge < -0.3 is 15.2 Å². The first-order valence-electron chi connectivity index (χ1n) is 5.92. The Hall–Kier alpha value is -1.10. The van der Waals surface area contributed by atoms with Crippen LogP contribution < -0.4 is 10.1 Å². The maximum absolute atomic E-state index is 9.80. The summed E-state index contributed by atoms with van der Waals surface area (Å²) in [4.78, 5) is 2.19. The number of likely N-dealkylation sites (N-methyl/N-ethyl adjacent to an activating group) is 1. The van der Waals surface area contributed by atoms with Crippen molar-refractivity contribution in [3.05, 3.63) is 29.8 Å². The summed E-state index contributed by atoms with van der Waals surface area (Å²) in [5, 5.41) is 13.0. The quantitative estimate of drug-likeness (QED) is 0.797. The first-order valence-corrected chi connectivity index (χ1v) is 5.92. The van der Waals surface area contributed by atoms with Crippen LogP contribution >= 0.6 is 0 Å². The minimum absolute atomic E-state index is 0.206. The maximum atomic E-state index is 9.80. The Balaban J connectivity index is 1.95. The van der Waals surface area contributed by atoms with Crippen molar-refractivity contribution in [2.45, 2.75) is 18.7 Å². The van der Waals surface area contributed by atoms with Gasteiger partial charge in [0.2, 0.25) is 0 Å². The topological polar surface area (TPSA) is 44.7 Å². The molecule has 0 radical (unpaired) electrons. The van der Waals surface area contributed by atoms with E-state index >= 15 is 0 Å². The van der Waals surface area contributed by atoms with E-state index in [1.165, 1.54) is 5.56 Å². The van der Waals surface area contributed by atoms with Crippen LogP contribution in [-0.4, -0.2) is 49.4 Å². The van der Waals surface area contributed by atoms with Gasteiger partial charge in [0, 0.05) is 25.7 Å². The summed E-state index contributed by atoms with van der Waals surface area (Å²) in [6, 6.07) is 8.25. The van der Waals surface area contributed by atoms with E-state index in [1.54, 1.807) is 7.11 Å². The summed E-state index contributed by atoms with van der Waals surface area (Å²) in [6.45, 7) is 2.39. The lowest BCUT2D eigenvalue weighted by molar-refractivity contribution is 0.0955. The molecule has 1 heterocycles. The molecule has 2 atom stereocenters. The lowest BCUT2D eigenvalue weighted by Crippen LogP contribution is -2.40. The zero-order valence-corrected chi connectivity index (χ0v) is 10.4. The molecule has 1 aromatic rings. The molecule has 2 rings (SSSR count). The Morgan fingerprint density at radius 2 is 2.06 bits per heavy atom. The molecule has 2 N–H and O–H groups in total. The van der Waals surface area contributed by atoms with E-state index < -0.39 is 0 Å². The maximum Gasteiger partial charge on any atom is 0.118 e. The Bertz CT molecular complexity index is 353. The first kappa shape index (κ1) is 12.4.